The fraction of sp³-hybridized carbons (Fsp3) is 0.333. The van der Waals surface area contributed by atoms with E-state index in [4.69, 9.17) is 10.9 Å². The molecule has 0 unspecified atom stereocenters. The molecule has 0 saturated carbocycles. The van der Waals surface area contributed by atoms with Crippen molar-refractivity contribution in [2.24, 2.45) is 10.9 Å². The van der Waals surface area contributed by atoms with Gasteiger partial charge in [-0.05, 0) is 22.0 Å². The monoisotopic (exact) mass is 336 g/mol. The Labute approximate surface area is 113 Å². The van der Waals surface area contributed by atoms with Gasteiger partial charge in [0.25, 0.3) is 0 Å². The Morgan fingerprint density at radius 1 is 1.61 bits per heavy atom. The summed E-state index contributed by atoms with van der Waals surface area (Å²) in [5.74, 6) is -0.177. The van der Waals surface area contributed by atoms with Crippen LogP contribution in [0.15, 0.2) is 33.0 Å². The third-order valence-corrected chi connectivity index (χ3v) is 4.46. The maximum Gasteiger partial charge on any atom is 0.245 e. The number of likely N-dealkylation sites (N-methyl/N-ethyl adjacent to an activating group) is 1. The molecule has 0 aliphatic carbocycles. The van der Waals surface area contributed by atoms with Gasteiger partial charge in [-0.25, -0.2) is 8.42 Å². The Morgan fingerprint density at radius 2 is 2.28 bits per heavy atom. The molecular weight excluding hydrogens is 324 g/mol. The van der Waals surface area contributed by atoms with Crippen LogP contribution in [0.25, 0.3) is 0 Å². The highest BCUT2D eigenvalue weighted by molar-refractivity contribution is 9.10. The van der Waals surface area contributed by atoms with Crippen molar-refractivity contribution in [1.29, 1.82) is 0 Å². The molecule has 0 aromatic carbocycles. The predicted octanol–water partition coefficient (Wildman–Crippen LogP) is 0.601. The third-order valence-electron chi connectivity index (χ3n) is 2.14. The number of aromatic nitrogens is 1. The SMILES string of the molecule is CCN(CC(N)=NO)S(=O)(=O)c1cncc(Br)c1. The van der Waals surface area contributed by atoms with E-state index in [-0.39, 0.29) is 23.8 Å². The zero-order valence-electron chi connectivity index (χ0n) is 9.62. The fourth-order valence-electron chi connectivity index (χ4n) is 1.26. The molecule has 1 aromatic rings. The second-order valence-corrected chi connectivity index (χ2v) is 6.22. The van der Waals surface area contributed by atoms with Gasteiger partial charge in [-0.2, -0.15) is 4.31 Å². The number of amidine groups is 1. The number of hydrogen-bond donors (Lipinski definition) is 2. The van der Waals surface area contributed by atoms with E-state index in [9.17, 15) is 8.42 Å². The van der Waals surface area contributed by atoms with Gasteiger partial charge in [0.05, 0.1) is 6.54 Å². The molecule has 0 saturated heterocycles. The summed E-state index contributed by atoms with van der Waals surface area (Å²) in [6.45, 7) is 1.68. The Hall–Kier alpha value is -1.19. The lowest BCUT2D eigenvalue weighted by Crippen LogP contribution is -2.38. The van der Waals surface area contributed by atoms with Crippen molar-refractivity contribution in [2.75, 3.05) is 13.1 Å². The molecule has 7 nitrogen and oxygen atoms in total. The number of nitrogens with zero attached hydrogens (tertiary/aromatic N) is 3. The molecular formula is C9H13BrN4O3S. The first-order chi connectivity index (χ1) is 8.41. The van der Waals surface area contributed by atoms with E-state index in [1.807, 2.05) is 0 Å². The summed E-state index contributed by atoms with van der Waals surface area (Å²) in [6.07, 6.45) is 2.73. The molecule has 0 amide bonds. The Kier molecular flexibility index (Phi) is 5.05. The van der Waals surface area contributed by atoms with Crippen molar-refractivity contribution in [3.63, 3.8) is 0 Å². The van der Waals surface area contributed by atoms with Crippen LogP contribution in [0.3, 0.4) is 0 Å². The van der Waals surface area contributed by atoms with E-state index in [1.54, 1.807) is 6.92 Å². The van der Waals surface area contributed by atoms with Crippen LogP contribution in [-0.4, -0.2) is 41.8 Å². The number of hydrogen-bond acceptors (Lipinski definition) is 5. The standard InChI is InChI=1S/C9H13BrN4O3S/c1-2-14(6-9(11)13-15)18(16,17)8-3-7(10)4-12-5-8/h3-5,15H,2,6H2,1H3,(H2,11,13). The number of rotatable bonds is 5. The van der Waals surface area contributed by atoms with Gasteiger partial charge in [0.2, 0.25) is 10.0 Å². The molecule has 1 aromatic heterocycles. The molecule has 0 spiro atoms. The lowest BCUT2D eigenvalue weighted by atomic mass is 10.5. The van der Waals surface area contributed by atoms with E-state index in [2.05, 4.69) is 26.1 Å². The van der Waals surface area contributed by atoms with Crippen LogP contribution in [0, 0.1) is 0 Å². The van der Waals surface area contributed by atoms with Crippen LogP contribution in [0.2, 0.25) is 0 Å². The molecule has 0 aliphatic heterocycles. The highest BCUT2D eigenvalue weighted by Crippen LogP contribution is 2.18. The molecule has 0 bridgehead atoms. The van der Waals surface area contributed by atoms with Gasteiger partial charge >= 0.3 is 0 Å². The maximum atomic E-state index is 12.2. The first-order valence-corrected chi connectivity index (χ1v) is 7.22. The molecule has 9 heteroatoms. The molecule has 1 heterocycles. The number of sulfonamides is 1. The fourth-order valence-corrected chi connectivity index (χ4v) is 3.19. The number of pyridine rings is 1. The van der Waals surface area contributed by atoms with Gasteiger partial charge in [0, 0.05) is 23.4 Å². The van der Waals surface area contributed by atoms with Gasteiger partial charge in [0.1, 0.15) is 4.90 Å². The second-order valence-electron chi connectivity index (χ2n) is 3.36. The van der Waals surface area contributed by atoms with Crippen LogP contribution in [0.4, 0.5) is 0 Å². The van der Waals surface area contributed by atoms with Crippen LogP contribution in [-0.2, 0) is 10.0 Å². The molecule has 0 aliphatic rings. The van der Waals surface area contributed by atoms with Crippen molar-refractivity contribution >= 4 is 31.8 Å². The van der Waals surface area contributed by atoms with Crippen molar-refractivity contribution in [3.8, 4) is 0 Å². The number of oxime groups is 1. The van der Waals surface area contributed by atoms with E-state index < -0.39 is 10.0 Å². The van der Waals surface area contributed by atoms with E-state index in [1.165, 1.54) is 18.5 Å². The number of nitrogens with two attached hydrogens (primary N) is 1. The van der Waals surface area contributed by atoms with Gasteiger partial charge in [-0.3, -0.25) is 4.98 Å². The second kappa shape index (κ2) is 6.12. The first kappa shape index (κ1) is 14.9. The smallest absolute Gasteiger partial charge is 0.245 e. The first-order valence-electron chi connectivity index (χ1n) is 4.99. The minimum atomic E-state index is -3.71. The quantitative estimate of drug-likeness (QED) is 0.354. The minimum Gasteiger partial charge on any atom is -0.409 e. The van der Waals surface area contributed by atoms with Crippen LogP contribution in [0.1, 0.15) is 6.92 Å². The molecule has 0 atom stereocenters. The Balaban J connectivity index is 3.11. The average Bonchev–Trinajstić information content (AvgIpc) is 2.35. The van der Waals surface area contributed by atoms with E-state index >= 15 is 0 Å². The van der Waals surface area contributed by atoms with E-state index in [0.29, 0.717) is 4.47 Å². The summed E-state index contributed by atoms with van der Waals surface area (Å²) in [7, 11) is -3.71. The normalized spacial score (nSPS) is 12.9. The van der Waals surface area contributed by atoms with Gasteiger partial charge in [-0.15, -0.1) is 0 Å². The van der Waals surface area contributed by atoms with Crippen molar-refractivity contribution < 1.29 is 13.6 Å². The summed E-state index contributed by atoms with van der Waals surface area (Å²) < 4.78 is 26.1. The lowest BCUT2D eigenvalue weighted by Gasteiger charge is -2.19. The van der Waals surface area contributed by atoms with E-state index in [0.717, 1.165) is 4.31 Å². The van der Waals surface area contributed by atoms with Crippen LogP contribution in [0.5, 0.6) is 0 Å². The zero-order chi connectivity index (χ0) is 13.8. The zero-order valence-corrected chi connectivity index (χ0v) is 12.0. The molecule has 100 valence electrons. The summed E-state index contributed by atoms with van der Waals surface area (Å²) in [5.41, 5.74) is 5.32. The Bertz CT molecular complexity index is 546. The predicted molar refractivity (Wildman–Crippen MR) is 69.8 cm³/mol. The third kappa shape index (κ3) is 3.40. The van der Waals surface area contributed by atoms with Crippen molar-refractivity contribution in [1.82, 2.24) is 9.29 Å². The van der Waals surface area contributed by atoms with Crippen LogP contribution >= 0.6 is 15.9 Å². The van der Waals surface area contributed by atoms with Gasteiger partial charge in [-0.1, -0.05) is 12.1 Å². The minimum absolute atomic E-state index is 0.0458. The number of halogens is 1. The topological polar surface area (TPSA) is 109 Å². The van der Waals surface area contributed by atoms with Gasteiger partial charge in [0.15, 0.2) is 5.84 Å². The van der Waals surface area contributed by atoms with Gasteiger partial charge < -0.3 is 10.9 Å². The summed E-state index contributed by atoms with van der Waals surface area (Å²) in [4.78, 5) is 3.85. The molecule has 3 N–H and O–H groups in total. The Morgan fingerprint density at radius 3 is 2.78 bits per heavy atom. The van der Waals surface area contributed by atoms with Crippen molar-refractivity contribution in [3.05, 3.63) is 22.9 Å². The highest BCUT2D eigenvalue weighted by Gasteiger charge is 2.24. The summed E-state index contributed by atoms with van der Waals surface area (Å²) >= 11 is 3.16. The summed E-state index contributed by atoms with van der Waals surface area (Å²) in [5, 5.41) is 11.2. The largest absolute Gasteiger partial charge is 0.409 e. The maximum absolute atomic E-state index is 12.2. The molecule has 1 rings (SSSR count). The van der Waals surface area contributed by atoms with Crippen LogP contribution < -0.4 is 5.73 Å². The van der Waals surface area contributed by atoms with Crippen molar-refractivity contribution in [2.45, 2.75) is 11.8 Å². The average molecular weight is 337 g/mol. The summed E-state index contributed by atoms with van der Waals surface area (Å²) in [6, 6.07) is 1.44. The molecule has 18 heavy (non-hydrogen) atoms. The lowest BCUT2D eigenvalue weighted by molar-refractivity contribution is 0.315. The highest BCUT2D eigenvalue weighted by atomic mass is 79.9. The molecule has 0 radical (unpaired) electrons. The molecule has 0 fully saturated rings.